The first-order valence-electron chi connectivity index (χ1n) is 6.57. The second-order valence-electron chi connectivity index (χ2n) is 5.62. The molecule has 0 bridgehead atoms. The first-order valence-corrected chi connectivity index (χ1v) is 6.57. The summed E-state index contributed by atoms with van der Waals surface area (Å²) in [5.74, 6) is -0.0289. The molecule has 1 atom stereocenters. The fourth-order valence-electron chi connectivity index (χ4n) is 2.83. The Hall–Kier alpha value is -2.14. The zero-order valence-electron chi connectivity index (χ0n) is 11.5. The Morgan fingerprint density at radius 1 is 1.40 bits per heavy atom. The molecule has 0 spiro atoms. The van der Waals surface area contributed by atoms with Crippen LogP contribution in [0.5, 0.6) is 0 Å². The lowest BCUT2D eigenvalue weighted by Gasteiger charge is -2.40. The third-order valence-corrected chi connectivity index (χ3v) is 3.96. The SMILES string of the molecule is CC1(C)C(=O)Nc2ccccc2C1n1cncc1CO. The van der Waals surface area contributed by atoms with E-state index in [1.54, 1.807) is 12.5 Å². The average Bonchev–Trinajstić information content (AvgIpc) is 2.88. The van der Waals surface area contributed by atoms with Crippen molar-refractivity contribution in [3.63, 3.8) is 0 Å². The van der Waals surface area contributed by atoms with Crippen LogP contribution in [0, 0.1) is 5.41 Å². The number of para-hydroxylation sites is 1. The predicted molar refractivity (Wildman–Crippen MR) is 75.1 cm³/mol. The minimum Gasteiger partial charge on any atom is -0.390 e. The quantitative estimate of drug-likeness (QED) is 0.877. The monoisotopic (exact) mass is 271 g/mol. The number of hydrogen-bond acceptors (Lipinski definition) is 3. The number of imidazole rings is 1. The van der Waals surface area contributed by atoms with Gasteiger partial charge in [0.2, 0.25) is 5.91 Å². The molecule has 0 fully saturated rings. The minimum atomic E-state index is -0.626. The number of nitrogens with zero attached hydrogens (tertiary/aromatic N) is 2. The van der Waals surface area contributed by atoms with Crippen molar-refractivity contribution < 1.29 is 9.90 Å². The van der Waals surface area contributed by atoms with Crippen LogP contribution in [-0.2, 0) is 11.4 Å². The van der Waals surface area contributed by atoms with E-state index in [4.69, 9.17) is 0 Å². The van der Waals surface area contributed by atoms with Gasteiger partial charge in [0.05, 0.1) is 36.3 Å². The summed E-state index contributed by atoms with van der Waals surface area (Å²) in [5, 5.41) is 12.4. The second-order valence-corrected chi connectivity index (χ2v) is 5.62. The molecular weight excluding hydrogens is 254 g/mol. The predicted octanol–water partition coefficient (Wildman–Crippen LogP) is 1.94. The van der Waals surface area contributed by atoms with Gasteiger partial charge >= 0.3 is 0 Å². The topological polar surface area (TPSA) is 67.2 Å². The number of benzene rings is 1. The summed E-state index contributed by atoms with van der Waals surface area (Å²) >= 11 is 0. The average molecular weight is 271 g/mol. The highest BCUT2D eigenvalue weighted by Gasteiger charge is 2.44. The molecule has 0 saturated carbocycles. The normalized spacial score (nSPS) is 20.4. The number of nitrogens with one attached hydrogen (secondary N) is 1. The third kappa shape index (κ3) is 1.74. The molecule has 2 aromatic rings. The maximum absolute atomic E-state index is 12.4. The highest BCUT2D eigenvalue weighted by atomic mass is 16.3. The van der Waals surface area contributed by atoms with E-state index in [0.29, 0.717) is 5.69 Å². The number of aromatic nitrogens is 2. The number of carbonyl (C=O) groups excluding carboxylic acids is 1. The largest absolute Gasteiger partial charge is 0.390 e. The van der Waals surface area contributed by atoms with E-state index in [-0.39, 0.29) is 18.6 Å². The molecule has 0 aliphatic carbocycles. The molecule has 5 nitrogen and oxygen atoms in total. The van der Waals surface area contributed by atoms with Gasteiger partial charge < -0.3 is 15.0 Å². The first-order chi connectivity index (χ1) is 9.55. The second kappa shape index (κ2) is 4.45. The summed E-state index contributed by atoms with van der Waals surface area (Å²) in [6.45, 7) is 3.71. The number of carbonyl (C=O) groups is 1. The highest BCUT2D eigenvalue weighted by Crippen LogP contribution is 2.44. The maximum Gasteiger partial charge on any atom is 0.232 e. The number of aliphatic hydroxyl groups excluding tert-OH is 1. The lowest BCUT2D eigenvalue weighted by Crippen LogP contribution is -2.43. The minimum absolute atomic E-state index is 0.0289. The molecule has 1 aliphatic rings. The molecule has 104 valence electrons. The van der Waals surface area contributed by atoms with Crippen molar-refractivity contribution in [2.75, 3.05) is 5.32 Å². The molecule has 1 unspecified atom stereocenters. The van der Waals surface area contributed by atoms with Crippen molar-refractivity contribution in [1.82, 2.24) is 9.55 Å². The van der Waals surface area contributed by atoms with Gasteiger partial charge in [-0.15, -0.1) is 0 Å². The van der Waals surface area contributed by atoms with Crippen LogP contribution in [0.3, 0.4) is 0 Å². The van der Waals surface area contributed by atoms with Crippen LogP contribution in [0.1, 0.15) is 31.1 Å². The summed E-state index contributed by atoms with van der Waals surface area (Å²) in [7, 11) is 0. The van der Waals surface area contributed by atoms with Gasteiger partial charge in [-0.25, -0.2) is 4.98 Å². The van der Waals surface area contributed by atoms with Gasteiger partial charge in [-0.3, -0.25) is 4.79 Å². The zero-order chi connectivity index (χ0) is 14.3. The Morgan fingerprint density at radius 3 is 2.90 bits per heavy atom. The van der Waals surface area contributed by atoms with E-state index in [9.17, 15) is 9.90 Å². The molecule has 0 radical (unpaired) electrons. The Kier molecular flexibility index (Phi) is 2.87. The third-order valence-electron chi connectivity index (χ3n) is 3.96. The van der Waals surface area contributed by atoms with Gasteiger partial charge in [-0.05, 0) is 25.5 Å². The van der Waals surface area contributed by atoms with Crippen LogP contribution in [0.15, 0.2) is 36.8 Å². The number of anilines is 1. The van der Waals surface area contributed by atoms with Crippen LogP contribution < -0.4 is 5.32 Å². The van der Waals surface area contributed by atoms with Crippen molar-refractivity contribution in [2.45, 2.75) is 26.5 Å². The van der Waals surface area contributed by atoms with Gasteiger partial charge in [-0.1, -0.05) is 18.2 Å². The Morgan fingerprint density at radius 2 is 2.15 bits per heavy atom. The van der Waals surface area contributed by atoms with Crippen molar-refractivity contribution in [1.29, 1.82) is 0 Å². The molecule has 3 rings (SSSR count). The molecule has 1 aliphatic heterocycles. The summed E-state index contributed by atoms with van der Waals surface area (Å²) in [6.07, 6.45) is 3.30. The van der Waals surface area contributed by atoms with E-state index >= 15 is 0 Å². The molecule has 2 N–H and O–H groups in total. The molecule has 20 heavy (non-hydrogen) atoms. The van der Waals surface area contributed by atoms with Gasteiger partial charge in [0.1, 0.15) is 0 Å². The molecular formula is C15H17N3O2. The van der Waals surface area contributed by atoms with Crippen LogP contribution in [-0.4, -0.2) is 20.6 Å². The van der Waals surface area contributed by atoms with Crippen LogP contribution >= 0.6 is 0 Å². The van der Waals surface area contributed by atoms with Crippen LogP contribution in [0.2, 0.25) is 0 Å². The van der Waals surface area contributed by atoms with Gasteiger partial charge in [0.15, 0.2) is 0 Å². The van der Waals surface area contributed by atoms with Crippen molar-refractivity contribution in [3.05, 3.63) is 48.0 Å². The van der Waals surface area contributed by atoms with Crippen molar-refractivity contribution >= 4 is 11.6 Å². The highest BCUT2D eigenvalue weighted by molar-refractivity contribution is 5.98. The van der Waals surface area contributed by atoms with Gasteiger partial charge in [0, 0.05) is 5.69 Å². The first kappa shape index (κ1) is 12.9. The molecule has 1 amide bonds. The summed E-state index contributed by atoms with van der Waals surface area (Å²) in [4.78, 5) is 16.5. The van der Waals surface area contributed by atoms with E-state index in [0.717, 1.165) is 11.3 Å². The Bertz CT molecular complexity index is 661. The maximum atomic E-state index is 12.4. The number of rotatable bonds is 2. The van der Waals surface area contributed by atoms with Gasteiger partial charge in [0.25, 0.3) is 0 Å². The van der Waals surface area contributed by atoms with E-state index in [1.807, 2.05) is 42.7 Å². The fraction of sp³-hybridized carbons (Fsp3) is 0.333. The van der Waals surface area contributed by atoms with E-state index in [2.05, 4.69) is 10.3 Å². The Labute approximate surface area is 117 Å². The van der Waals surface area contributed by atoms with Gasteiger partial charge in [-0.2, -0.15) is 0 Å². The van der Waals surface area contributed by atoms with Crippen LogP contribution in [0.4, 0.5) is 5.69 Å². The molecule has 1 aromatic heterocycles. The standard InChI is InChI=1S/C15H17N3O2/c1-15(2)13(18-9-16-7-10(18)8-19)11-5-3-4-6-12(11)17-14(15)20/h3-7,9,13,19H,8H2,1-2H3,(H,17,20). The van der Waals surface area contributed by atoms with E-state index < -0.39 is 5.41 Å². The summed E-state index contributed by atoms with van der Waals surface area (Å²) in [5.41, 5.74) is 1.93. The lowest BCUT2D eigenvalue weighted by molar-refractivity contribution is -0.126. The fourth-order valence-corrected chi connectivity index (χ4v) is 2.83. The number of aliphatic hydroxyl groups is 1. The number of hydrogen-bond donors (Lipinski definition) is 2. The summed E-state index contributed by atoms with van der Waals surface area (Å²) in [6, 6.07) is 7.56. The number of fused-ring (bicyclic) bond motifs is 1. The van der Waals surface area contributed by atoms with Crippen molar-refractivity contribution in [2.24, 2.45) is 5.41 Å². The molecule has 2 heterocycles. The lowest BCUT2D eigenvalue weighted by atomic mass is 9.76. The molecule has 5 heteroatoms. The molecule has 1 aromatic carbocycles. The summed E-state index contributed by atoms with van der Waals surface area (Å²) < 4.78 is 1.89. The Balaban J connectivity index is 2.23. The smallest absolute Gasteiger partial charge is 0.232 e. The van der Waals surface area contributed by atoms with Crippen molar-refractivity contribution in [3.8, 4) is 0 Å². The molecule has 0 saturated heterocycles. The van der Waals surface area contributed by atoms with Crippen LogP contribution in [0.25, 0.3) is 0 Å². The zero-order valence-corrected chi connectivity index (χ0v) is 11.5. The van der Waals surface area contributed by atoms with E-state index in [1.165, 1.54) is 0 Å². The number of amides is 1.